The quantitative estimate of drug-likeness (QED) is 0.606. The van der Waals surface area contributed by atoms with Crippen molar-refractivity contribution in [2.24, 2.45) is 0 Å². The summed E-state index contributed by atoms with van der Waals surface area (Å²) in [5.41, 5.74) is 7.48. The molecule has 4 rings (SSSR count). The predicted octanol–water partition coefficient (Wildman–Crippen LogP) is 5.64. The van der Waals surface area contributed by atoms with E-state index in [1.165, 1.54) is 28.1 Å². The van der Waals surface area contributed by atoms with Crippen molar-refractivity contribution < 1.29 is 0 Å². The van der Waals surface area contributed by atoms with Gasteiger partial charge in [0.1, 0.15) is 6.17 Å². The minimum Gasteiger partial charge on any atom is -0.317 e. The molecular formula is C22H23N3. The van der Waals surface area contributed by atoms with Gasteiger partial charge >= 0.3 is 0 Å². The van der Waals surface area contributed by atoms with Crippen LogP contribution in [0.3, 0.4) is 0 Å². The maximum Gasteiger partial charge on any atom is 0.158 e. The molecule has 1 aliphatic heterocycles. The van der Waals surface area contributed by atoms with Crippen LogP contribution in [0.4, 0.5) is 22.9 Å². The van der Waals surface area contributed by atoms with Gasteiger partial charge in [0.2, 0.25) is 0 Å². The molecular weight excluding hydrogens is 306 g/mol. The third kappa shape index (κ3) is 2.39. The minimum absolute atomic E-state index is 0.158. The Morgan fingerprint density at radius 1 is 0.720 bits per heavy atom. The van der Waals surface area contributed by atoms with Crippen LogP contribution in [0.1, 0.15) is 23.6 Å². The van der Waals surface area contributed by atoms with Crippen LogP contribution in [-0.4, -0.2) is 11.1 Å². The van der Waals surface area contributed by atoms with Gasteiger partial charge in [0.15, 0.2) is 5.82 Å². The lowest BCUT2D eigenvalue weighted by molar-refractivity contribution is 0.752. The van der Waals surface area contributed by atoms with Crippen LogP contribution in [-0.2, 0) is 0 Å². The van der Waals surface area contributed by atoms with E-state index in [0.717, 1.165) is 11.5 Å². The van der Waals surface area contributed by atoms with E-state index in [4.69, 9.17) is 4.98 Å². The van der Waals surface area contributed by atoms with Gasteiger partial charge in [-0.15, -0.1) is 0 Å². The first kappa shape index (κ1) is 15.7. The van der Waals surface area contributed by atoms with Crippen LogP contribution in [0, 0.1) is 20.8 Å². The molecule has 0 bridgehead atoms. The normalized spacial score (nSPS) is 16.2. The first-order valence-corrected chi connectivity index (χ1v) is 8.75. The number of fused-ring (bicyclic) bond motifs is 1. The van der Waals surface area contributed by atoms with E-state index in [0.29, 0.717) is 0 Å². The highest BCUT2D eigenvalue weighted by Crippen LogP contribution is 2.48. The fourth-order valence-electron chi connectivity index (χ4n) is 3.90. The summed E-state index contributed by atoms with van der Waals surface area (Å²) in [6.45, 7) is 8.77. The fourth-order valence-corrected chi connectivity index (χ4v) is 3.90. The zero-order valence-corrected chi connectivity index (χ0v) is 15.2. The standard InChI is InChI=1S/C22H23N3/c1-15-9-5-6-12-19(15)25-18(4)24(20-13-8-14-23-22(20)25)21-16(2)10-7-11-17(21)3/h5-14,18H,1-4H3/t18-/m1/s1. The van der Waals surface area contributed by atoms with Gasteiger partial charge < -0.3 is 9.80 Å². The van der Waals surface area contributed by atoms with Gasteiger partial charge in [-0.3, -0.25) is 0 Å². The number of rotatable bonds is 2. The van der Waals surface area contributed by atoms with Crippen molar-refractivity contribution in [1.82, 2.24) is 4.98 Å². The second-order valence-electron chi connectivity index (χ2n) is 6.74. The van der Waals surface area contributed by atoms with Crippen molar-refractivity contribution in [3.63, 3.8) is 0 Å². The van der Waals surface area contributed by atoms with Crippen LogP contribution < -0.4 is 9.80 Å². The molecule has 0 radical (unpaired) electrons. The van der Waals surface area contributed by atoms with Gasteiger partial charge in [0, 0.05) is 17.6 Å². The van der Waals surface area contributed by atoms with Gasteiger partial charge in [0.05, 0.1) is 5.69 Å². The molecule has 2 heterocycles. The van der Waals surface area contributed by atoms with E-state index in [1.54, 1.807) is 0 Å². The van der Waals surface area contributed by atoms with Crippen molar-refractivity contribution in [1.29, 1.82) is 0 Å². The molecule has 0 amide bonds. The van der Waals surface area contributed by atoms with Crippen LogP contribution in [0.2, 0.25) is 0 Å². The molecule has 1 atom stereocenters. The summed E-state index contributed by atoms with van der Waals surface area (Å²) in [6, 6.07) is 19.2. The Bertz CT molecular complexity index is 912. The Labute approximate surface area is 149 Å². The number of hydrogen-bond acceptors (Lipinski definition) is 3. The summed E-state index contributed by atoms with van der Waals surface area (Å²) in [6.07, 6.45) is 2.04. The van der Waals surface area contributed by atoms with E-state index >= 15 is 0 Å². The van der Waals surface area contributed by atoms with Crippen LogP contribution in [0.15, 0.2) is 60.8 Å². The average molecular weight is 329 g/mol. The number of para-hydroxylation sites is 2. The molecule has 126 valence electrons. The summed E-state index contributed by atoms with van der Waals surface area (Å²) >= 11 is 0. The van der Waals surface area contributed by atoms with Gasteiger partial charge in [-0.25, -0.2) is 4.98 Å². The maximum atomic E-state index is 4.73. The second-order valence-corrected chi connectivity index (χ2v) is 6.74. The molecule has 3 heteroatoms. The van der Waals surface area contributed by atoms with Crippen LogP contribution in [0.25, 0.3) is 0 Å². The largest absolute Gasteiger partial charge is 0.317 e. The van der Waals surface area contributed by atoms with E-state index in [2.05, 4.69) is 86.0 Å². The molecule has 0 saturated carbocycles. The lowest BCUT2D eigenvalue weighted by Crippen LogP contribution is -2.36. The molecule has 0 spiro atoms. The summed E-state index contributed by atoms with van der Waals surface area (Å²) in [5, 5.41) is 0. The highest BCUT2D eigenvalue weighted by Gasteiger charge is 2.37. The zero-order chi connectivity index (χ0) is 17.6. The zero-order valence-electron chi connectivity index (χ0n) is 15.2. The fraction of sp³-hybridized carbons (Fsp3) is 0.227. The Kier molecular flexibility index (Phi) is 3.72. The molecule has 1 aromatic heterocycles. The number of hydrogen-bond donors (Lipinski definition) is 0. The Morgan fingerprint density at radius 3 is 2.08 bits per heavy atom. The summed E-state index contributed by atoms with van der Waals surface area (Å²) < 4.78 is 0. The Balaban J connectivity index is 1.93. The number of pyridine rings is 1. The first-order chi connectivity index (χ1) is 12.1. The monoisotopic (exact) mass is 329 g/mol. The third-order valence-electron chi connectivity index (χ3n) is 5.06. The molecule has 0 aliphatic carbocycles. The van der Waals surface area contributed by atoms with Gasteiger partial charge in [-0.1, -0.05) is 36.4 Å². The van der Waals surface area contributed by atoms with E-state index in [1.807, 2.05) is 12.3 Å². The lowest BCUT2D eigenvalue weighted by Gasteiger charge is -2.32. The number of nitrogens with zero attached hydrogens (tertiary/aromatic N) is 3. The second kappa shape index (κ2) is 5.92. The molecule has 25 heavy (non-hydrogen) atoms. The van der Waals surface area contributed by atoms with Crippen LogP contribution >= 0.6 is 0 Å². The molecule has 2 aromatic carbocycles. The smallest absolute Gasteiger partial charge is 0.158 e. The lowest BCUT2D eigenvalue weighted by atomic mass is 10.1. The molecule has 0 fully saturated rings. The Hall–Kier alpha value is -2.81. The van der Waals surface area contributed by atoms with Gasteiger partial charge in [0.25, 0.3) is 0 Å². The molecule has 3 nitrogen and oxygen atoms in total. The number of aromatic nitrogens is 1. The third-order valence-corrected chi connectivity index (χ3v) is 5.06. The average Bonchev–Trinajstić information content (AvgIpc) is 2.88. The summed E-state index contributed by atoms with van der Waals surface area (Å²) in [7, 11) is 0. The first-order valence-electron chi connectivity index (χ1n) is 8.75. The highest BCUT2D eigenvalue weighted by atomic mass is 15.4. The number of benzene rings is 2. The number of aryl methyl sites for hydroxylation is 3. The highest BCUT2D eigenvalue weighted by molar-refractivity contribution is 5.87. The Morgan fingerprint density at radius 2 is 1.36 bits per heavy atom. The minimum atomic E-state index is 0.158. The van der Waals surface area contributed by atoms with Gasteiger partial charge in [-0.05, 0) is 62.6 Å². The molecule has 3 aromatic rings. The van der Waals surface area contributed by atoms with Crippen molar-refractivity contribution in [3.8, 4) is 0 Å². The topological polar surface area (TPSA) is 19.4 Å². The maximum absolute atomic E-state index is 4.73. The summed E-state index contributed by atoms with van der Waals surface area (Å²) in [5.74, 6) is 1.02. The van der Waals surface area contributed by atoms with Crippen molar-refractivity contribution in [3.05, 3.63) is 77.5 Å². The van der Waals surface area contributed by atoms with E-state index in [9.17, 15) is 0 Å². The van der Waals surface area contributed by atoms with Crippen molar-refractivity contribution >= 4 is 22.9 Å². The van der Waals surface area contributed by atoms with Crippen molar-refractivity contribution in [2.45, 2.75) is 33.9 Å². The molecule has 1 aliphatic rings. The molecule has 0 unspecified atom stereocenters. The van der Waals surface area contributed by atoms with Crippen molar-refractivity contribution in [2.75, 3.05) is 9.80 Å². The predicted molar refractivity (Wildman–Crippen MR) is 105 cm³/mol. The SMILES string of the molecule is Cc1ccccc1N1c2ncccc2N(c2c(C)cccc2C)[C@H]1C. The number of anilines is 4. The van der Waals surface area contributed by atoms with E-state index < -0.39 is 0 Å². The molecule has 0 N–H and O–H groups in total. The summed E-state index contributed by atoms with van der Waals surface area (Å²) in [4.78, 5) is 9.49. The van der Waals surface area contributed by atoms with E-state index in [-0.39, 0.29) is 6.17 Å². The van der Waals surface area contributed by atoms with Gasteiger partial charge in [-0.2, -0.15) is 0 Å². The van der Waals surface area contributed by atoms with Crippen LogP contribution in [0.5, 0.6) is 0 Å². The molecule has 0 saturated heterocycles.